The molecule has 1 aliphatic heterocycles. The summed E-state index contributed by atoms with van der Waals surface area (Å²) in [4.78, 5) is 34.5. The lowest BCUT2D eigenvalue weighted by molar-refractivity contribution is -0.121. The predicted molar refractivity (Wildman–Crippen MR) is 119 cm³/mol. The highest BCUT2D eigenvalue weighted by Gasteiger charge is 2.19. The number of aromatic amines is 1. The number of benzene rings is 2. The van der Waals surface area contributed by atoms with Gasteiger partial charge in [0.15, 0.2) is 0 Å². The zero-order valence-corrected chi connectivity index (χ0v) is 17.6. The highest BCUT2D eigenvalue weighted by atomic mass is 19.1. The Balaban J connectivity index is 1.53. The highest BCUT2D eigenvalue weighted by Crippen LogP contribution is 2.19. The first-order valence-corrected chi connectivity index (χ1v) is 10.6. The fourth-order valence-electron chi connectivity index (χ4n) is 3.70. The quantitative estimate of drug-likeness (QED) is 0.594. The van der Waals surface area contributed by atoms with Gasteiger partial charge in [-0.3, -0.25) is 14.6 Å². The van der Waals surface area contributed by atoms with Crippen molar-refractivity contribution in [2.45, 2.75) is 18.9 Å². The Morgan fingerprint density at radius 2 is 1.84 bits per heavy atom. The fourth-order valence-corrected chi connectivity index (χ4v) is 3.70. The van der Waals surface area contributed by atoms with Gasteiger partial charge in [0.25, 0.3) is 5.56 Å². The second-order valence-corrected chi connectivity index (χ2v) is 7.70. The van der Waals surface area contributed by atoms with Gasteiger partial charge in [0.2, 0.25) is 11.9 Å². The van der Waals surface area contributed by atoms with Crippen LogP contribution >= 0.6 is 0 Å². The average molecular weight is 436 g/mol. The number of carbonyl (C=O) groups is 1. The molecule has 1 fully saturated rings. The van der Waals surface area contributed by atoms with Crippen molar-refractivity contribution in [3.05, 3.63) is 93.7 Å². The molecule has 1 amide bonds. The highest BCUT2D eigenvalue weighted by molar-refractivity contribution is 5.79. The monoisotopic (exact) mass is 436 g/mol. The molecule has 3 aromatic rings. The van der Waals surface area contributed by atoms with Gasteiger partial charge in [-0.2, -0.15) is 0 Å². The van der Waals surface area contributed by atoms with E-state index in [1.54, 1.807) is 12.1 Å². The van der Waals surface area contributed by atoms with Crippen LogP contribution in [0.3, 0.4) is 0 Å². The van der Waals surface area contributed by atoms with E-state index in [2.05, 4.69) is 15.3 Å². The summed E-state index contributed by atoms with van der Waals surface area (Å²) in [5, 5.41) is 3.04. The van der Waals surface area contributed by atoms with E-state index in [1.165, 1.54) is 18.2 Å². The van der Waals surface area contributed by atoms with E-state index in [1.807, 2.05) is 35.2 Å². The first-order valence-electron chi connectivity index (χ1n) is 10.6. The predicted octanol–water partition coefficient (Wildman–Crippen LogP) is 2.39. The summed E-state index contributed by atoms with van der Waals surface area (Å²) in [5.74, 6) is -0.0169. The Morgan fingerprint density at radius 3 is 2.56 bits per heavy atom. The van der Waals surface area contributed by atoms with Crippen LogP contribution in [-0.4, -0.2) is 42.2 Å². The maximum atomic E-state index is 13.2. The molecule has 2 heterocycles. The van der Waals surface area contributed by atoms with E-state index in [9.17, 15) is 14.0 Å². The van der Waals surface area contributed by atoms with Gasteiger partial charge in [-0.15, -0.1) is 0 Å². The van der Waals surface area contributed by atoms with Gasteiger partial charge < -0.3 is 15.0 Å². The van der Waals surface area contributed by atoms with Crippen LogP contribution in [0.2, 0.25) is 0 Å². The van der Waals surface area contributed by atoms with Gasteiger partial charge in [0.05, 0.1) is 31.4 Å². The Bertz CT molecular complexity index is 1100. The summed E-state index contributed by atoms with van der Waals surface area (Å²) in [6.07, 6.45) is 0.492. The normalized spacial score (nSPS) is 14.7. The molecular weight excluding hydrogens is 411 g/mol. The number of rotatable bonds is 7. The minimum Gasteiger partial charge on any atom is -0.378 e. The summed E-state index contributed by atoms with van der Waals surface area (Å²) in [6.45, 7) is 2.48. The van der Waals surface area contributed by atoms with Crippen molar-refractivity contribution in [1.82, 2.24) is 15.3 Å². The number of aromatic nitrogens is 2. The second-order valence-electron chi connectivity index (χ2n) is 7.70. The number of anilines is 1. The minimum atomic E-state index is -0.365. The largest absolute Gasteiger partial charge is 0.378 e. The van der Waals surface area contributed by atoms with Crippen molar-refractivity contribution < 1.29 is 13.9 Å². The van der Waals surface area contributed by atoms with Gasteiger partial charge in [0.1, 0.15) is 5.82 Å². The number of carbonyl (C=O) groups excluding carboxylic acids is 1. The topological polar surface area (TPSA) is 87.3 Å². The van der Waals surface area contributed by atoms with Crippen molar-refractivity contribution in [3.63, 3.8) is 0 Å². The van der Waals surface area contributed by atoms with E-state index in [0.717, 1.165) is 11.1 Å². The first kappa shape index (κ1) is 21.7. The number of hydrogen-bond donors (Lipinski definition) is 2. The summed E-state index contributed by atoms with van der Waals surface area (Å²) >= 11 is 0. The van der Waals surface area contributed by atoms with E-state index in [4.69, 9.17) is 4.74 Å². The molecule has 0 unspecified atom stereocenters. The number of amides is 1. The van der Waals surface area contributed by atoms with Crippen LogP contribution in [0.25, 0.3) is 0 Å². The Hall–Kier alpha value is -3.52. The standard InChI is InChI=1S/C24H25FN4O3/c25-19-8-6-17(7-9-19)14-22(30)27-21(18-4-2-1-3-5-18)15-20-16-23(31)28-24(26-20)29-10-12-32-13-11-29/h1-9,16,21H,10-15H2,(H,27,30)(H,26,28,31)/t21-/m0/s1. The van der Waals surface area contributed by atoms with Gasteiger partial charge in [-0.05, 0) is 23.3 Å². The summed E-state index contributed by atoms with van der Waals surface area (Å²) < 4.78 is 18.5. The Labute approximate surface area is 185 Å². The van der Waals surface area contributed by atoms with Crippen LogP contribution < -0.4 is 15.8 Å². The van der Waals surface area contributed by atoms with E-state index < -0.39 is 0 Å². The molecule has 1 saturated heterocycles. The Morgan fingerprint density at radius 1 is 1.12 bits per heavy atom. The summed E-state index contributed by atoms with van der Waals surface area (Å²) in [7, 11) is 0. The maximum absolute atomic E-state index is 13.2. The van der Waals surface area contributed by atoms with Crippen molar-refractivity contribution >= 4 is 11.9 Å². The molecule has 0 saturated carbocycles. The van der Waals surface area contributed by atoms with Crippen molar-refractivity contribution in [2.75, 3.05) is 31.2 Å². The molecule has 4 rings (SSSR count). The van der Waals surface area contributed by atoms with Crippen LogP contribution in [0.5, 0.6) is 0 Å². The van der Waals surface area contributed by atoms with Gasteiger partial charge in [-0.25, -0.2) is 9.37 Å². The first-order chi connectivity index (χ1) is 15.6. The number of nitrogens with one attached hydrogen (secondary N) is 2. The van der Waals surface area contributed by atoms with E-state index in [0.29, 0.717) is 44.4 Å². The fraction of sp³-hybridized carbons (Fsp3) is 0.292. The number of hydrogen-bond acceptors (Lipinski definition) is 5. The molecule has 0 aliphatic carbocycles. The Kier molecular flexibility index (Phi) is 6.91. The van der Waals surface area contributed by atoms with E-state index >= 15 is 0 Å². The summed E-state index contributed by atoms with van der Waals surface area (Å²) in [5.41, 5.74) is 1.99. The number of halogens is 1. The lowest BCUT2D eigenvalue weighted by atomic mass is 10.0. The molecule has 7 nitrogen and oxygen atoms in total. The van der Waals surface area contributed by atoms with Crippen molar-refractivity contribution in [3.8, 4) is 0 Å². The molecule has 1 atom stereocenters. The number of morpholine rings is 1. The molecular formula is C24H25FN4O3. The van der Waals surface area contributed by atoms with E-state index in [-0.39, 0.29) is 29.7 Å². The van der Waals surface area contributed by atoms with Crippen LogP contribution in [0.4, 0.5) is 10.3 Å². The SMILES string of the molecule is O=C(Cc1ccc(F)cc1)N[C@@H](Cc1cc(=O)[nH]c(N2CCOCC2)n1)c1ccccc1. The lowest BCUT2D eigenvalue weighted by Gasteiger charge is -2.27. The van der Waals surface area contributed by atoms with Crippen LogP contribution in [0.1, 0.15) is 22.9 Å². The third-order valence-electron chi connectivity index (χ3n) is 5.32. The second kappa shape index (κ2) is 10.2. The third kappa shape index (κ3) is 5.79. The number of H-pyrrole nitrogens is 1. The number of ether oxygens (including phenoxy) is 1. The maximum Gasteiger partial charge on any atom is 0.252 e. The molecule has 2 N–H and O–H groups in total. The molecule has 0 bridgehead atoms. The van der Waals surface area contributed by atoms with Crippen LogP contribution in [0.15, 0.2) is 65.5 Å². The van der Waals surface area contributed by atoms with Gasteiger partial charge in [0, 0.05) is 25.6 Å². The lowest BCUT2D eigenvalue weighted by Crippen LogP contribution is -2.38. The van der Waals surface area contributed by atoms with Crippen LogP contribution in [0, 0.1) is 5.82 Å². The average Bonchev–Trinajstić information content (AvgIpc) is 2.81. The van der Waals surface area contributed by atoms with Crippen molar-refractivity contribution in [1.29, 1.82) is 0 Å². The molecule has 166 valence electrons. The smallest absolute Gasteiger partial charge is 0.252 e. The van der Waals surface area contributed by atoms with Gasteiger partial charge >= 0.3 is 0 Å². The molecule has 2 aromatic carbocycles. The van der Waals surface area contributed by atoms with Crippen LogP contribution in [-0.2, 0) is 22.4 Å². The van der Waals surface area contributed by atoms with Gasteiger partial charge in [-0.1, -0.05) is 42.5 Å². The van der Waals surface area contributed by atoms with Crippen molar-refractivity contribution in [2.24, 2.45) is 0 Å². The third-order valence-corrected chi connectivity index (χ3v) is 5.32. The number of nitrogens with zero attached hydrogens (tertiary/aromatic N) is 2. The molecule has 32 heavy (non-hydrogen) atoms. The molecule has 0 radical (unpaired) electrons. The minimum absolute atomic E-state index is 0.130. The zero-order chi connectivity index (χ0) is 22.3. The zero-order valence-electron chi connectivity index (χ0n) is 17.6. The molecule has 8 heteroatoms. The molecule has 1 aromatic heterocycles. The summed E-state index contributed by atoms with van der Waals surface area (Å²) in [6, 6.07) is 16.5. The molecule has 0 spiro atoms. The molecule has 1 aliphatic rings.